The summed E-state index contributed by atoms with van der Waals surface area (Å²) in [5.74, 6) is 0.117. The lowest BCUT2D eigenvalue weighted by Gasteiger charge is -2.45. The standard InChI is InChI=1S/C25H32N2O3S/c1-2-31(29,30)27-18-16-25(17-19-27,22-12-7-4-8-13-22)23(28)26-20-24(14-9-15-24)21-10-5-3-6-11-21/h3-8,10-13H,2,9,14-20H2,1H3,(H,26,28). The Morgan fingerprint density at radius 2 is 1.45 bits per heavy atom. The molecule has 2 aromatic rings. The van der Waals surface area contributed by atoms with Crippen LogP contribution in [0, 0.1) is 0 Å². The number of hydrogen-bond acceptors (Lipinski definition) is 3. The minimum Gasteiger partial charge on any atom is -0.354 e. The van der Waals surface area contributed by atoms with E-state index in [0.717, 1.165) is 18.4 Å². The summed E-state index contributed by atoms with van der Waals surface area (Å²) in [5.41, 5.74) is 1.59. The van der Waals surface area contributed by atoms with E-state index in [1.165, 1.54) is 12.0 Å². The molecule has 1 aliphatic heterocycles. The Balaban J connectivity index is 1.55. The van der Waals surface area contributed by atoms with Gasteiger partial charge in [0.1, 0.15) is 0 Å². The molecule has 0 spiro atoms. The van der Waals surface area contributed by atoms with Crippen LogP contribution in [0.3, 0.4) is 0 Å². The fourth-order valence-corrected chi connectivity index (χ4v) is 6.22. The second-order valence-corrected chi connectivity index (χ2v) is 11.2. The molecule has 1 amide bonds. The van der Waals surface area contributed by atoms with Crippen LogP contribution in [0.25, 0.3) is 0 Å². The van der Waals surface area contributed by atoms with Gasteiger partial charge in [0.05, 0.1) is 11.2 Å². The number of carbonyl (C=O) groups is 1. The van der Waals surface area contributed by atoms with Gasteiger partial charge in [0.2, 0.25) is 15.9 Å². The molecule has 0 bridgehead atoms. The molecule has 2 aromatic carbocycles. The summed E-state index contributed by atoms with van der Waals surface area (Å²) in [6.45, 7) is 3.05. The number of sulfonamides is 1. The van der Waals surface area contributed by atoms with Crippen LogP contribution in [0.5, 0.6) is 0 Å². The highest BCUT2D eigenvalue weighted by molar-refractivity contribution is 7.89. The monoisotopic (exact) mass is 440 g/mol. The number of piperidine rings is 1. The fourth-order valence-electron chi connectivity index (χ4n) is 5.11. The van der Waals surface area contributed by atoms with Crippen LogP contribution in [0.15, 0.2) is 60.7 Å². The minimum absolute atomic E-state index is 0.0149. The summed E-state index contributed by atoms with van der Waals surface area (Å²) >= 11 is 0. The molecule has 1 heterocycles. The van der Waals surface area contributed by atoms with Crippen LogP contribution < -0.4 is 5.32 Å². The van der Waals surface area contributed by atoms with Crippen molar-refractivity contribution in [2.24, 2.45) is 0 Å². The van der Waals surface area contributed by atoms with Gasteiger partial charge in [-0.1, -0.05) is 67.1 Å². The molecule has 166 valence electrons. The molecule has 0 aromatic heterocycles. The van der Waals surface area contributed by atoms with Crippen LogP contribution in [0.1, 0.15) is 50.2 Å². The molecule has 1 saturated carbocycles. The Hall–Kier alpha value is -2.18. The Labute approximate surface area is 185 Å². The zero-order valence-corrected chi connectivity index (χ0v) is 19.0. The van der Waals surface area contributed by atoms with Gasteiger partial charge in [-0.05, 0) is 43.7 Å². The van der Waals surface area contributed by atoms with E-state index in [-0.39, 0.29) is 17.1 Å². The molecule has 0 radical (unpaired) electrons. The molecule has 2 fully saturated rings. The van der Waals surface area contributed by atoms with Gasteiger partial charge in [0, 0.05) is 25.0 Å². The smallest absolute Gasteiger partial charge is 0.230 e. The molecule has 1 N–H and O–H groups in total. The largest absolute Gasteiger partial charge is 0.354 e. The molecule has 0 atom stereocenters. The maximum Gasteiger partial charge on any atom is 0.230 e. The first-order valence-electron chi connectivity index (χ1n) is 11.3. The summed E-state index contributed by atoms with van der Waals surface area (Å²) in [6.07, 6.45) is 4.34. The van der Waals surface area contributed by atoms with Crippen LogP contribution in [0.4, 0.5) is 0 Å². The van der Waals surface area contributed by atoms with Gasteiger partial charge >= 0.3 is 0 Å². The van der Waals surface area contributed by atoms with Crippen molar-refractivity contribution in [2.45, 2.75) is 49.9 Å². The van der Waals surface area contributed by atoms with Crippen LogP contribution in [-0.2, 0) is 25.6 Å². The first kappa shape index (κ1) is 22.0. The summed E-state index contributed by atoms with van der Waals surface area (Å²) in [4.78, 5) is 13.7. The second-order valence-electron chi connectivity index (χ2n) is 8.93. The molecule has 1 aliphatic carbocycles. The van der Waals surface area contributed by atoms with Gasteiger partial charge in [-0.2, -0.15) is 0 Å². The van der Waals surface area contributed by atoms with Crippen molar-refractivity contribution in [3.05, 3.63) is 71.8 Å². The Bertz CT molecular complexity index is 994. The summed E-state index contributed by atoms with van der Waals surface area (Å²) < 4.78 is 26.3. The highest BCUT2D eigenvalue weighted by Gasteiger charge is 2.46. The van der Waals surface area contributed by atoms with Crippen molar-refractivity contribution in [3.8, 4) is 0 Å². The molecule has 31 heavy (non-hydrogen) atoms. The van der Waals surface area contributed by atoms with Crippen LogP contribution in [-0.4, -0.2) is 44.0 Å². The van der Waals surface area contributed by atoms with Gasteiger partial charge in [-0.25, -0.2) is 12.7 Å². The number of nitrogens with zero attached hydrogens (tertiary/aromatic N) is 1. The van der Waals surface area contributed by atoms with Gasteiger partial charge in [-0.15, -0.1) is 0 Å². The molecule has 2 aliphatic rings. The maximum atomic E-state index is 13.7. The third-order valence-corrected chi connectivity index (χ3v) is 9.26. The minimum atomic E-state index is -3.24. The number of amides is 1. The van der Waals surface area contributed by atoms with Gasteiger partial charge < -0.3 is 5.32 Å². The average molecular weight is 441 g/mol. The molecule has 0 unspecified atom stereocenters. The van der Waals surface area contributed by atoms with E-state index in [4.69, 9.17) is 0 Å². The van der Waals surface area contributed by atoms with E-state index < -0.39 is 15.4 Å². The number of nitrogens with one attached hydrogen (secondary N) is 1. The lowest BCUT2D eigenvalue weighted by molar-refractivity contribution is -0.128. The molecule has 1 saturated heterocycles. The third-order valence-electron chi connectivity index (χ3n) is 7.38. The van der Waals surface area contributed by atoms with Crippen LogP contribution in [0.2, 0.25) is 0 Å². The summed E-state index contributed by atoms with van der Waals surface area (Å²) in [5, 5.41) is 3.29. The first-order chi connectivity index (χ1) is 14.9. The van der Waals surface area contributed by atoms with Gasteiger partial charge in [0.15, 0.2) is 0 Å². The molecule has 6 heteroatoms. The second kappa shape index (κ2) is 8.75. The average Bonchev–Trinajstić information content (AvgIpc) is 2.79. The number of carbonyl (C=O) groups excluding carboxylic acids is 1. The highest BCUT2D eigenvalue weighted by atomic mass is 32.2. The molecular weight excluding hydrogens is 408 g/mol. The number of rotatable bonds is 7. The zero-order valence-electron chi connectivity index (χ0n) is 18.2. The zero-order chi connectivity index (χ0) is 22.0. The van der Waals surface area contributed by atoms with E-state index in [0.29, 0.717) is 32.5 Å². The predicted molar refractivity (Wildman–Crippen MR) is 123 cm³/mol. The summed E-state index contributed by atoms with van der Waals surface area (Å²) in [6, 6.07) is 20.3. The SMILES string of the molecule is CCS(=O)(=O)N1CCC(C(=O)NCC2(c3ccccc3)CCC2)(c2ccccc2)CC1. The van der Waals surface area contributed by atoms with E-state index in [1.807, 2.05) is 36.4 Å². The van der Waals surface area contributed by atoms with Crippen molar-refractivity contribution in [3.63, 3.8) is 0 Å². The maximum absolute atomic E-state index is 13.7. The molecule has 5 nitrogen and oxygen atoms in total. The Morgan fingerprint density at radius 3 is 1.94 bits per heavy atom. The lowest BCUT2D eigenvalue weighted by atomic mass is 9.64. The quantitative estimate of drug-likeness (QED) is 0.715. The van der Waals surface area contributed by atoms with E-state index in [9.17, 15) is 13.2 Å². The number of hydrogen-bond donors (Lipinski definition) is 1. The van der Waals surface area contributed by atoms with Crippen molar-refractivity contribution in [2.75, 3.05) is 25.4 Å². The van der Waals surface area contributed by atoms with E-state index >= 15 is 0 Å². The predicted octanol–water partition coefficient (Wildman–Crippen LogP) is 3.61. The van der Waals surface area contributed by atoms with E-state index in [1.54, 1.807) is 11.2 Å². The first-order valence-corrected chi connectivity index (χ1v) is 12.9. The van der Waals surface area contributed by atoms with Gasteiger partial charge in [0.25, 0.3) is 0 Å². The van der Waals surface area contributed by atoms with Crippen molar-refractivity contribution < 1.29 is 13.2 Å². The van der Waals surface area contributed by atoms with Gasteiger partial charge in [-0.3, -0.25) is 4.79 Å². The third kappa shape index (κ3) is 4.15. The highest BCUT2D eigenvalue weighted by Crippen LogP contribution is 2.44. The fraction of sp³-hybridized carbons (Fsp3) is 0.480. The van der Waals surface area contributed by atoms with E-state index in [2.05, 4.69) is 29.6 Å². The summed E-state index contributed by atoms with van der Waals surface area (Å²) in [7, 11) is -3.24. The molecular formula is C25H32N2O3S. The van der Waals surface area contributed by atoms with Crippen molar-refractivity contribution >= 4 is 15.9 Å². The lowest BCUT2D eigenvalue weighted by Crippen LogP contribution is -2.55. The number of benzene rings is 2. The Morgan fingerprint density at radius 1 is 0.903 bits per heavy atom. The normalized spacial score (nSPS) is 20.5. The molecule has 4 rings (SSSR count). The topological polar surface area (TPSA) is 66.5 Å². The van der Waals surface area contributed by atoms with Crippen molar-refractivity contribution in [1.82, 2.24) is 9.62 Å². The van der Waals surface area contributed by atoms with Crippen molar-refractivity contribution in [1.29, 1.82) is 0 Å². The van der Waals surface area contributed by atoms with Crippen LogP contribution >= 0.6 is 0 Å². The Kier molecular flexibility index (Phi) is 6.22.